The summed E-state index contributed by atoms with van der Waals surface area (Å²) in [5.74, 6) is 0.928. The Kier molecular flexibility index (Phi) is 6.89. The van der Waals surface area contributed by atoms with Crippen molar-refractivity contribution in [3.05, 3.63) is 89.6 Å². The third-order valence-electron chi connectivity index (χ3n) is 6.43. The van der Waals surface area contributed by atoms with Gasteiger partial charge >= 0.3 is 0 Å². The van der Waals surface area contributed by atoms with Gasteiger partial charge in [-0.3, -0.25) is 14.5 Å². The topological polar surface area (TPSA) is 103 Å². The van der Waals surface area contributed by atoms with E-state index in [9.17, 15) is 13.2 Å². The fraction of sp³-hybridized carbons (Fsp3) is 0.267. The third kappa shape index (κ3) is 5.95. The molecule has 2 heterocycles. The second-order valence-electron chi connectivity index (χ2n) is 10.7. The zero-order chi connectivity index (χ0) is 27.8. The van der Waals surface area contributed by atoms with Crippen LogP contribution in [0, 0.1) is 6.92 Å². The van der Waals surface area contributed by atoms with Gasteiger partial charge in [-0.15, -0.1) is 5.73 Å². The van der Waals surface area contributed by atoms with Gasteiger partial charge in [0.1, 0.15) is 11.5 Å². The van der Waals surface area contributed by atoms with Gasteiger partial charge in [-0.25, -0.2) is 8.42 Å². The Labute approximate surface area is 229 Å². The second-order valence-corrected chi connectivity index (χ2v) is 12.7. The van der Waals surface area contributed by atoms with Crippen LogP contribution in [0.1, 0.15) is 39.7 Å². The molecular formula is C30H32N4O4S. The zero-order valence-corrected chi connectivity index (χ0v) is 23.2. The zero-order valence-electron chi connectivity index (χ0n) is 22.4. The van der Waals surface area contributed by atoms with E-state index in [0.29, 0.717) is 34.5 Å². The van der Waals surface area contributed by atoms with Crippen molar-refractivity contribution < 1.29 is 19.4 Å². The molecular weight excluding hydrogens is 512 g/mol. The molecule has 8 nitrogen and oxygen atoms in total. The summed E-state index contributed by atoms with van der Waals surface area (Å²) in [6.45, 7) is 8.03. The van der Waals surface area contributed by atoms with E-state index in [1.807, 2.05) is 62.8 Å². The lowest BCUT2D eigenvalue weighted by Gasteiger charge is -2.18. The van der Waals surface area contributed by atoms with E-state index in [4.69, 9.17) is 4.74 Å². The molecule has 1 aliphatic rings. The van der Waals surface area contributed by atoms with Gasteiger partial charge in [-0.05, 0) is 80.8 Å². The maximum Gasteiger partial charge on any atom is 0.228 e. The number of aryl methyl sites for hydroxylation is 1. The van der Waals surface area contributed by atoms with Crippen molar-refractivity contribution in [1.29, 1.82) is 0 Å². The molecule has 0 aliphatic heterocycles. The Morgan fingerprint density at radius 3 is 2.62 bits per heavy atom. The van der Waals surface area contributed by atoms with Crippen molar-refractivity contribution in [3.8, 4) is 11.5 Å². The number of nitrogens with one attached hydrogen (secondary N) is 1. The number of fused-ring (bicyclic) bond motifs is 1. The molecule has 0 atom stereocenters. The van der Waals surface area contributed by atoms with Gasteiger partial charge in [0.2, 0.25) is 5.91 Å². The van der Waals surface area contributed by atoms with Crippen LogP contribution in [0.4, 0.5) is 5.69 Å². The third-order valence-corrected chi connectivity index (χ3v) is 8.13. The van der Waals surface area contributed by atoms with E-state index in [-0.39, 0.29) is 29.9 Å². The SMILES string of the molecule is Cc1cc(CC(=O)Nc2cnn(C(C)(C)C)c2)ccc1Oc1ccnc2ccc(S(=O)(=O)CC3=C=CC3)cc12.[HH]. The van der Waals surface area contributed by atoms with Gasteiger partial charge in [0.15, 0.2) is 9.84 Å². The van der Waals surface area contributed by atoms with E-state index in [1.165, 1.54) is 0 Å². The molecule has 0 fully saturated rings. The van der Waals surface area contributed by atoms with Crippen molar-refractivity contribution in [2.75, 3.05) is 11.1 Å². The molecule has 1 amide bonds. The Bertz CT molecular complexity index is 1760. The number of rotatable bonds is 8. The van der Waals surface area contributed by atoms with Gasteiger partial charge in [0.05, 0.1) is 40.0 Å². The monoisotopic (exact) mass is 544 g/mol. The number of anilines is 1. The van der Waals surface area contributed by atoms with Crippen molar-refractivity contribution in [3.63, 3.8) is 0 Å². The number of hydrogen-bond acceptors (Lipinski definition) is 6. The van der Waals surface area contributed by atoms with Crippen LogP contribution in [0.3, 0.4) is 0 Å². The molecule has 9 heteroatoms. The van der Waals surface area contributed by atoms with Crippen molar-refractivity contribution in [2.24, 2.45) is 0 Å². The number of hydrogen-bond donors (Lipinski definition) is 1. The summed E-state index contributed by atoms with van der Waals surface area (Å²) in [6, 6.07) is 12.2. The highest BCUT2D eigenvalue weighted by molar-refractivity contribution is 7.91. The minimum atomic E-state index is -3.50. The molecule has 4 aromatic rings. The average molecular weight is 545 g/mol. The minimum absolute atomic E-state index is 0. The van der Waals surface area contributed by atoms with Crippen LogP contribution in [0.2, 0.25) is 0 Å². The summed E-state index contributed by atoms with van der Waals surface area (Å²) in [6.07, 6.45) is 7.77. The molecule has 1 aliphatic carbocycles. The molecule has 0 spiro atoms. The summed E-state index contributed by atoms with van der Waals surface area (Å²) < 4.78 is 33.9. The number of aromatic nitrogens is 3. The number of pyridine rings is 1. The van der Waals surface area contributed by atoms with Crippen LogP contribution in [0.5, 0.6) is 11.5 Å². The second kappa shape index (κ2) is 10.2. The number of ether oxygens (including phenoxy) is 1. The molecule has 0 saturated heterocycles. The van der Waals surface area contributed by atoms with Crippen molar-refractivity contribution in [1.82, 2.24) is 14.8 Å². The number of carbonyl (C=O) groups is 1. The molecule has 39 heavy (non-hydrogen) atoms. The fourth-order valence-corrected chi connectivity index (χ4v) is 5.64. The first-order valence-electron chi connectivity index (χ1n) is 12.6. The summed E-state index contributed by atoms with van der Waals surface area (Å²) in [7, 11) is -3.50. The summed E-state index contributed by atoms with van der Waals surface area (Å²) in [4.78, 5) is 17.2. The Hall–Kier alpha value is -4.20. The van der Waals surface area contributed by atoms with Crippen molar-refractivity contribution in [2.45, 2.75) is 51.0 Å². The van der Waals surface area contributed by atoms with Crippen LogP contribution in [0.25, 0.3) is 10.9 Å². The number of amides is 1. The smallest absolute Gasteiger partial charge is 0.228 e. The lowest BCUT2D eigenvalue weighted by Crippen LogP contribution is -2.22. The quantitative estimate of drug-likeness (QED) is 0.274. The summed E-state index contributed by atoms with van der Waals surface area (Å²) in [5.41, 5.74) is 6.52. The van der Waals surface area contributed by atoms with Crippen LogP contribution < -0.4 is 10.1 Å². The minimum Gasteiger partial charge on any atom is -0.456 e. The van der Waals surface area contributed by atoms with E-state index >= 15 is 0 Å². The highest BCUT2D eigenvalue weighted by Gasteiger charge is 2.20. The maximum absolute atomic E-state index is 12.9. The first-order chi connectivity index (χ1) is 18.5. The number of carbonyl (C=O) groups excluding carboxylic acids is 1. The van der Waals surface area contributed by atoms with Gasteiger partial charge in [0.25, 0.3) is 0 Å². The van der Waals surface area contributed by atoms with Gasteiger partial charge < -0.3 is 10.1 Å². The Morgan fingerprint density at radius 2 is 1.95 bits per heavy atom. The van der Waals surface area contributed by atoms with E-state index in [0.717, 1.165) is 16.7 Å². The Balaban J connectivity index is 0.00000370. The predicted molar refractivity (Wildman–Crippen MR) is 153 cm³/mol. The van der Waals surface area contributed by atoms with Crippen LogP contribution in [-0.4, -0.2) is 34.8 Å². The lowest BCUT2D eigenvalue weighted by atomic mass is 10.1. The van der Waals surface area contributed by atoms with E-state index in [2.05, 4.69) is 21.1 Å². The molecule has 202 valence electrons. The number of nitrogens with zero attached hydrogens (tertiary/aromatic N) is 3. The lowest BCUT2D eigenvalue weighted by molar-refractivity contribution is -0.115. The number of sulfone groups is 1. The molecule has 2 aromatic heterocycles. The average Bonchev–Trinajstić information content (AvgIpc) is 3.32. The number of benzene rings is 2. The van der Waals surface area contributed by atoms with Crippen LogP contribution in [-0.2, 0) is 26.6 Å². The molecule has 0 unspecified atom stereocenters. The highest BCUT2D eigenvalue weighted by Crippen LogP contribution is 2.33. The van der Waals surface area contributed by atoms with E-state index in [1.54, 1.807) is 36.7 Å². The fourth-order valence-electron chi connectivity index (χ4n) is 4.24. The standard InChI is InChI=1S/C30H30N4O4S.H2/c1-20-14-22(15-29(35)33-23-17-32-34(18-23)30(2,3)4)8-11-27(20)38-28-12-13-31-26-10-9-24(16-25(26)28)39(36,37)19-21-6-5-7-21;/h5,8-14,16-18H,6,15,19H2,1-4H3,(H,33,35);1H. The molecule has 1 N–H and O–H groups in total. The molecule has 2 aromatic carbocycles. The molecule has 0 radical (unpaired) electrons. The van der Waals surface area contributed by atoms with Gasteiger partial charge in [-0.1, -0.05) is 12.1 Å². The largest absolute Gasteiger partial charge is 0.456 e. The molecule has 0 saturated carbocycles. The normalized spacial score (nSPS) is 13.2. The molecule has 5 rings (SSSR count). The predicted octanol–water partition coefficient (Wildman–Crippen LogP) is 5.97. The summed E-state index contributed by atoms with van der Waals surface area (Å²) in [5, 5.41) is 7.82. The van der Waals surface area contributed by atoms with E-state index < -0.39 is 9.84 Å². The van der Waals surface area contributed by atoms with Crippen LogP contribution in [0.15, 0.2) is 83.3 Å². The summed E-state index contributed by atoms with van der Waals surface area (Å²) >= 11 is 0. The van der Waals surface area contributed by atoms with Gasteiger partial charge in [0, 0.05) is 25.6 Å². The first-order valence-corrected chi connectivity index (χ1v) is 14.3. The highest BCUT2D eigenvalue weighted by atomic mass is 32.2. The Morgan fingerprint density at radius 1 is 1.15 bits per heavy atom. The first kappa shape index (κ1) is 26.4. The van der Waals surface area contributed by atoms with Gasteiger partial charge in [-0.2, -0.15) is 5.10 Å². The maximum atomic E-state index is 12.9. The van der Waals surface area contributed by atoms with Crippen LogP contribution >= 0.6 is 0 Å². The van der Waals surface area contributed by atoms with Crippen molar-refractivity contribution >= 4 is 32.3 Å². The molecule has 0 bridgehead atoms.